The monoisotopic (exact) mass is 287 g/mol. The molecule has 0 radical (unpaired) electrons. The lowest BCUT2D eigenvalue weighted by Gasteiger charge is -2.21. The zero-order chi connectivity index (χ0) is 13.8. The van der Waals surface area contributed by atoms with Crippen LogP contribution in [0.5, 0.6) is 11.5 Å². The van der Waals surface area contributed by atoms with Gasteiger partial charge in [0.15, 0.2) is 0 Å². The number of hydrogen-bond donors (Lipinski definition) is 2. The minimum atomic E-state index is -1.53. The molecular weight excluding hydrogens is 270 g/mol. The van der Waals surface area contributed by atoms with Gasteiger partial charge in [-0.2, -0.15) is 0 Å². The lowest BCUT2D eigenvalue weighted by Crippen LogP contribution is -2.47. The maximum atomic E-state index is 11.1. The predicted octanol–water partition coefficient (Wildman–Crippen LogP) is 1.64. The lowest BCUT2D eigenvalue weighted by atomic mass is 9.91. The molecule has 6 heteroatoms. The summed E-state index contributed by atoms with van der Waals surface area (Å²) in [5, 5.41) is 9.12. The molecule has 5 nitrogen and oxygen atoms in total. The Balaban J connectivity index is 0.00000324. The van der Waals surface area contributed by atoms with E-state index >= 15 is 0 Å². The van der Waals surface area contributed by atoms with Crippen molar-refractivity contribution in [3.63, 3.8) is 0 Å². The molecule has 0 aliphatic heterocycles. The van der Waals surface area contributed by atoms with E-state index in [1.165, 1.54) is 20.3 Å². The highest BCUT2D eigenvalue weighted by Crippen LogP contribution is 2.27. The number of hydrogen-bond acceptors (Lipinski definition) is 4. The quantitative estimate of drug-likeness (QED) is 0.777. The second kappa shape index (κ2) is 7.01. The first-order valence-electron chi connectivity index (χ1n) is 5.33. The van der Waals surface area contributed by atoms with Crippen LogP contribution in [0.3, 0.4) is 0 Å². The van der Waals surface area contributed by atoms with Crippen molar-refractivity contribution in [2.75, 3.05) is 14.2 Å². The number of nitrogens with two attached hydrogens (primary N) is 1. The molecular formula is C13H18ClNO4. The number of aliphatic carboxylic acids is 1. The molecule has 1 atom stereocenters. The van der Waals surface area contributed by atoms with Gasteiger partial charge < -0.3 is 20.3 Å². The van der Waals surface area contributed by atoms with Gasteiger partial charge in [-0.05, 0) is 18.2 Å². The molecule has 0 bridgehead atoms. The number of carbonyl (C=O) groups is 1. The van der Waals surface area contributed by atoms with E-state index in [4.69, 9.17) is 20.3 Å². The van der Waals surface area contributed by atoms with Gasteiger partial charge in [-0.1, -0.05) is 6.08 Å². The highest BCUT2D eigenvalue weighted by Gasteiger charge is 2.31. The van der Waals surface area contributed by atoms with Crippen molar-refractivity contribution < 1.29 is 19.4 Å². The molecule has 0 aliphatic rings. The van der Waals surface area contributed by atoms with E-state index in [1.54, 1.807) is 18.2 Å². The third kappa shape index (κ3) is 3.87. The fourth-order valence-corrected chi connectivity index (χ4v) is 1.57. The maximum Gasteiger partial charge on any atom is 0.328 e. The number of halogens is 1. The van der Waals surface area contributed by atoms with Gasteiger partial charge in [0.2, 0.25) is 0 Å². The van der Waals surface area contributed by atoms with Gasteiger partial charge in [-0.15, -0.1) is 19.0 Å². The fourth-order valence-electron chi connectivity index (χ4n) is 1.57. The second-order valence-corrected chi connectivity index (χ2v) is 3.90. The van der Waals surface area contributed by atoms with Crippen LogP contribution in [0.4, 0.5) is 0 Å². The Morgan fingerprint density at radius 3 is 2.53 bits per heavy atom. The number of carboxylic acid groups (broad SMARTS) is 1. The van der Waals surface area contributed by atoms with Crippen molar-refractivity contribution >= 4 is 18.4 Å². The highest BCUT2D eigenvalue weighted by molar-refractivity contribution is 5.85. The summed E-state index contributed by atoms with van der Waals surface area (Å²) in [6, 6.07) is 5.14. The van der Waals surface area contributed by atoms with Crippen LogP contribution in [-0.4, -0.2) is 30.8 Å². The van der Waals surface area contributed by atoms with Gasteiger partial charge in [-0.25, -0.2) is 4.79 Å². The average Bonchev–Trinajstić information content (AvgIpc) is 2.38. The van der Waals surface area contributed by atoms with Gasteiger partial charge in [0, 0.05) is 12.0 Å². The molecule has 0 amide bonds. The van der Waals surface area contributed by atoms with Gasteiger partial charge >= 0.3 is 5.97 Å². The van der Waals surface area contributed by atoms with Crippen LogP contribution in [-0.2, 0) is 11.2 Å². The molecule has 0 aromatic heterocycles. The summed E-state index contributed by atoms with van der Waals surface area (Å²) in [6.45, 7) is 3.47. The third-order valence-corrected chi connectivity index (χ3v) is 2.73. The predicted molar refractivity (Wildman–Crippen MR) is 75.2 cm³/mol. The Bertz CT molecular complexity index is 464. The van der Waals surface area contributed by atoms with Gasteiger partial charge in [0.05, 0.1) is 14.2 Å². The van der Waals surface area contributed by atoms with Crippen molar-refractivity contribution in [1.82, 2.24) is 0 Å². The Kier molecular flexibility index (Phi) is 6.38. The highest BCUT2D eigenvalue weighted by atomic mass is 35.5. The van der Waals surface area contributed by atoms with E-state index in [2.05, 4.69) is 6.58 Å². The van der Waals surface area contributed by atoms with Crippen LogP contribution >= 0.6 is 12.4 Å². The first-order valence-corrected chi connectivity index (χ1v) is 5.33. The smallest absolute Gasteiger partial charge is 0.328 e. The molecule has 19 heavy (non-hydrogen) atoms. The molecule has 3 N–H and O–H groups in total. The Morgan fingerprint density at radius 2 is 2.11 bits per heavy atom. The van der Waals surface area contributed by atoms with E-state index in [0.29, 0.717) is 17.1 Å². The first kappa shape index (κ1) is 17.3. The van der Waals surface area contributed by atoms with Crippen LogP contribution in [0, 0.1) is 0 Å². The molecule has 0 heterocycles. The summed E-state index contributed by atoms with van der Waals surface area (Å²) in [7, 11) is 3.05. The molecule has 0 saturated carbocycles. The molecule has 1 rings (SSSR count). The number of carboxylic acids is 1. The number of rotatable bonds is 6. The minimum Gasteiger partial charge on any atom is -0.497 e. The Labute approximate surface area is 118 Å². The van der Waals surface area contributed by atoms with Crippen LogP contribution in [0.15, 0.2) is 30.9 Å². The van der Waals surface area contributed by atoms with Crippen molar-refractivity contribution in [1.29, 1.82) is 0 Å². The van der Waals surface area contributed by atoms with Crippen LogP contribution in [0.25, 0.3) is 0 Å². The Morgan fingerprint density at radius 1 is 1.47 bits per heavy atom. The van der Waals surface area contributed by atoms with Crippen molar-refractivity contribution in [3.05, 3.63) is 36.4 Å². The molecule has 1 aromatic rings. The van der Waals surface area contributed by atoms with Crippen molar-refractivity contribution in [2.24, 2.45) is 5.73 Å². The standard InChI is InChI=1S/C13H17NO4.ClH/c1-4-13(14,12(15)16)8-9-7-10(17-2)5-6-11(9)18-3;/h4-7H,1,8,14H2,2-3H3,(H,15,16);1H/t13-;/m0./s1. The van der Waals surface area contributed by atoms with Gasteiger partial charge in [-0.3, -0.25) is 0 Å². The summed E-state index contributed by atoms with van der Waals surface area (Å²) < 4.78 is 10.3. The topological polar surface area (TPSA) is 81.8 Å². The van der Waals surface area contributed by atoms with Crippen molar-refractivity contribution in [2.45, 2.75) is 12.0 Å². The van der Waals surface area contributed by atoms with Gasteiger partial charge in [0.1, 0.15) is 17.0 Å². The normalized spacial score (nSPS) is 12.8. The van der Waals surface area contributed by atoms with E-state index in [9.17, 15) is 4.79 Å². The van der Waals surface area contributed by atoms with Crippen LogP contribution in [0.2, 0.25) is 0 Å². The van der Waals surface area contributed by atoms with Gasteiger partial charge in [0.25, 0.3) is 0 Å². The zero-order valence-corrected chi connectivity index (χ0v) is 11.7. The fraction of sp³-hybridized carbons (Fsp3) is 0.308. The summed E-state index contributed by atoms with van der Waals surface area (Å²) in [4.78, 5) is 11.1. The number of methoxy groups -OCH3 is 2. The number of ether oxygens (including phenoxy) is 2. The molecule has 0 spiro atoms. The van der Waals surface area contributed by atoms with E-state index < -0.39 is 11.5 Å². The average molecular weight is 288 g/mol. The maximum absolute atomic E-state index is 11.1. The third-order valence-electron chi connectivity index (χ3n) is 2.73. The number of benzene rings is 1. The van der Waals surface area contributed by atoms with E-state index in [-0.39, 0.29) is 18.8 Å². The lowest BCUT2D eigenvalue weighted by molar-refractivity contribution is -0.141. The van der Waals surface area contributed by atoms with E-state index in [1.807, 2.05) is 0 Å². The SMILES string of the molecule is C=C[C@](N)(Cc1cc(OC)ccc1OC)C(=O)O.Cl. The largest absolute Gasteiger partial charge is 0.497 e. The van der Waals surface area contributed by atoms with Crippen molar-refractivity contribution in [3.8, 4) is 11.5 Å². The summed E-state index contributed by atoms with van der Waals surface area (Å²) >= 11 is 0. The molecule has 106 valence electrons. The summed E-state index contributed by atoms with van der Waals surface area (Å²) in [6.07, 6.45) is 1.29. The Hall–Kier alpha value is -1.72. The zero-order valence-electron chi connectivity index (χ0n) is 10.9. The molecule has 0 aliphatic carbocycles. The molecule has 0 saturated heterocycles. The summed E-state index contributed by atoms with van der Waals surface area (Å²) in [5.74, 6) is 0.0405. The van der Waals surface area contributed by atoms with E-state index in [0.717, 1.165) is 0 Å². The molecule has 1 aromatic carbocycles. The van der Waals surface area contributed by atoms with Crippen LogP contribution < -0.4 is 15.2 Å². The van der Waals surface area contributed by atoms with Crippen LogP contribution in [0.1, 0.15) is 5.56 Å². The minimum absolute atomic E-state index is 0. The summed E-state index contributed by atoms with van der Waals surface area (Å²) in [5.41, 5.74) is 4.90. The molecule has 0 fully saturated rings. The first-order chi connectivity index (χ1) is 8.46. The molecule has 0 unspecified atom stereocenters. The second-order valence-electron chi connectivity index (χ2n) is 3.90.